The number of benzene rings is 1. The number of aromatic nitrogens is 1. The van der Waals surface area contributed by atoms with Crippen LogP contribution in [-0.2, 0) is 17.4 Å². The third-order valence-corrected chi connectivity index (χ3v) is 5.65. The molecule has 2 heterocycles. The highest BCUT2D eigenvalue weighted by atomic mass is 19.4. The highest BCUT2D eigenvalue weighted by Gasteiger charge is 2.36. The van der Waals surface area contributed by atoms with E-state index in [1.807, 2.05) is 6.07 Å². The van der Waals surface area contributed by atoms with E-state index >= 15 is 0 Å². The van der Waals surface area contributed by atoms with E-state index in [2.05, 4.69) is 4.98 Å². The Bertz CT molecular complexity index is 961. The van der Waals surface area contributed by atoms with Crippen molar-refractivity contribution in [3.63, 3.8) is 0 Å². The molecule has 0 bridgehead atoms. The molecule has 2 aliphatic rings. The second-order valence-electron chi connectivity index (χ2n) is 7.40. The van der Waals surface area contributed by atoms with Gasteiger partial charge in [0.05, 0.1) is 18.4 Å². The topological polar surface area (TPSA) is 42.4 Å². The van der Waals surface area contributed by atoms with E-state index < -0.39 is 11.7 Å². The van der Waals surface area contributed by atoms with Crippen LogP contribution in [-0.4, -0.2) is 36.0 Å². The number of carbonyl (C=O) groups excluding carboxylic acids is 1. The van der Waals surface area contributed by atoms with Gasteiger partial charge in [-0.15, -0.1) is 0 Å². The Kier molecular flexibility index (Phi) is 5.06. The van der Waals surface area contributed by atoms with E-state index in [4.69, 9.17) is 4.74 Å². The molecule has 29 heavy (non-hydrogen) atoms. The molecule has 1 amide bonds. The normalized spacial score (nSPS) is 17.1. The average molecular weight is 402 g/mol. The lowest BCUT2D eigenvalue weighted by Crippen LogP contribution is -2.39. The molecule has 1 fully saturated rings. The number of pyridine rings is 1. The van der Waals surface area contributed by atoms with Gasteiger partial charge in [-0.3, -0.25) is 4.79 Å². The third-order valence-electron chi connectivity index (χ3n) is 5.65. The minimum atomic E-state index is -4.36. The van der Waals surface area contributed by atoms with Crippen LogP contribution in [0.15, 0.2) is 42.0 Å². The molecule has 0 unspecified atom stereocenters. The standard InChI is InChI=1S/C22H21F3N2O2/c1-29-20-7-6-15-12-16(13-19(15)26-20)21(28)27-10-8-14(9-11-27)17-4-2-3-5-18(17)22(23,24)25/h2-7,13-14H,8-12H2,1H3. The third kappa shape index (κ3) is 3.86. The zero-order chi connectivity index (χ0) is 20.6. The molecule has 0 radical (unpaired) electrons. The Morgan fingerprint density at radius 3 is 2.55 bits per heavy atom. The first kappa shape index (κ1) is 19.5. The summed E-state index contributed by atoms with van der Waals surface area (Å²) in [6.45, 7) is 0.889. The molecule has 0 atom stereocenters. The molecule has 1 aromatic carbocycles. The van der Waals surface area contributed by atoms with Gasteiger partial charge in [0, 0.05) is 31.1 Å². The summed E-state index contributed by atoms with van der Waals surface area (Å²) in [7, 11) is 1.54. The Labute approximate surface area is 167 Å². The van der Waals surface area contributed by atoms with E-state index in [0.717, 1.165) is 17.3 Å². The van der Waals surface area contributed by atoms with Crippen LogP contribution in [0.2, 0.25) is 0 Å². The van der Waals surface area contributed by atoms with Crippen molar-refractivity contribution >= 4 is 12.0 Å². The molecule has 4 rings (SSSR count). The van der Waals surface area contributed by atoms with Crippen LogP contribution in [0.1, 0.15) is 41.1 Å². The van der Waals surface area contributed by atoms with Gasteiger partial charge in [-0.1, -0.05) is 24.3 Å². The number of carbonyl (C=O) groups is 1. The molecule has 0 saturated carbocycles. The molecule has 1 aromatic heterocycles. The second-order valence-corrected chi connectivity index (χ2v) is 7.40. The number of ether oxygens (including phenoxy) is 1. The molecular formula is C22H21F3N2O2. The molecule has 1 saturated heterocycles. The van der Waals surface area contributed by atoms with Crippen molar-refractivity contribution in [3.05, 3.63) is 64.4 Å². The Morgan fingerprint density at radius 2 is 1.86 bits per heavy atom. The van der Waals surface area contributed by atoms with Gasteiger partial charge in [0.25, 0.3) is 0 Å². The Balaban J connectivity index is 1.44. The number of piperidine rings is 1. The molecule has 7 heteroatoms. The van der Waals surface area contributed by atoms with Crippen LogP contribution in [0.25, 0.3) is 6.08 Å². The number of nitrogens with zero attached hydrogens (tertiary/aromatic N) is 2. The lowest BCUT2D eigenvalue weighted by molar-refractivity contribution is -0.138. The van der Waals surface area contributed by atoms with Gasteiger partial charge in [-0.25, -0.2) is 4.98 Å². The molecule has 4 nitrogen and oxygen atoms in total. The number of halogens is 3. The quantitative estimate of drug-likeness (QED) is 0.762. The van der Waals surface area contributed by atoms with Gasteiger partial charge >= 0.3 is 6.18 Å². The maximum atomic E-state index is 13.3. The zero-order valence-corrected chi connectivity index (χ0v) is 16.0. The summed E-state index contributed by atoms with van der Waals surface area (Å²) in [5.41, 5.74) is 2.13. The molecule has 1 aliphatic heterocycles. The highest BCUT2D eigenvalue weighted by Crippen LogP contribution is 2.39. The van der Waals surface area contributed by atoms with Crippen molar-refractivity contribution in [2.45, 2.75) is 31.4 Å². The molecule has 1 aliphatic carbocycles. The predicted octanol–water partition coefficient (Wildman–Crippen LogP) is 4.45. The van der Waals surface area contributed by atoms with Crippen molar-refractivity contribution in [2.24, 2.45) is 0 Å². The van der Waals surface area contributed by atoms with Gasteiger partial charge in [0.2, 0.25) is 11.8 Å². The van der Waals surface area contributed by atoms with Crippen LogP contribution in [0, 0.1) is 0 Å². The Hall–Kier alpha value is -2.83. The molecule has 152 valence electrons. The maximum Gasteiger partial charge on any atom is 0.416 e. The Morgan fingerprint density at radius 1 is 1.14 bits per heavy atom. The van der Waals surface area contributed by atoms with E-state index in [1.165, 1.54) is 6.07 Å². The minimum absolute atomic E-state index is 0.0653. The van der Waals surface area contributed by atoms with Gasteiger partial charge in [0.1, 0.15) is 0 Å². The number of likely N-dealkylation sites (tertiary alicyclic amines) is 1. The predicted molar refractivity (Wildman–Crippen MR) is 102 cm³/mol. The fourth-order valence-electron chi connectivity index (χ4n) is 4.14. The van der Waals surface area contributed by atoms with Crippen molar-refractivity contribution in [1.82, 2.24) is 9.88 Å². The van der Waals surface area contributed by atoms with E-state index in [0.29, 0.717) is 49.4 Å². The monoisotopic (exact) mass is 402 g/mol. The van der Waals surface area contributed by atoms with Crippen molar-refractivity contribution in [2.75, 3.05) is 20.2 Å². The molecule has 0 N–H and O–H groups in total. The number of hydrogen-bond donors (Lipinski definition) is 0. The average Bonchev–Trinajstić information content (AvgIpc) is 3.16. The van der Waals surface area contributed by atoms with E-state index in [-0.39, 0.29) is 11.8 Å². The lowest BCUT2D eigenvalue weighted by atomic mass is 9.86. The first-order valence-electron chi connectivity index (χ1n) is 9.56. The van der Waals surface area contributed by atoms with Gasteiger partial charge < -0.3 is 9.64 Å². The smallest absolute Gasteiger partial charge is 0.416 e. The minimum Gasteiger partial charge on any atom is -0.481 e. The number of hydrogen-bond acceptors (Lipinski definition) is 3. The number of fused-ring (bicyclic) bond motifs is 1. The van der Waals surface area contributed by atoms with Crippen molar-refractivity contribution in [1.29, 1.82) is 0 Å². The van der Waals surface area contributed by atoms with Crippen LogP contribution < -0.4 is 4.74 Å². The number of alkyl halides is 3. The number of methoxy groups -OCH3 is 1. The van der Waals surface area contributed by atoms with Gasteiger partial charge in [-0.2, -0.15) is 13.2 Å². The first-order valence-corrected chi connectivity index (χ1v) is 9.56. The molecule has 2 aromatic rings. The molecule has 0 spiro atoms. The number of rotatable bonds is 3. The van der Waals surface area contributed by atoms with Crippen LogP contribution in [0.5, 0.6) is 5.88 Å². The second kappa shape index (κ2) is 7.54. The van der Waals surface area contributed by atoms with E-state index in [9.17, 15) is 18.0 Å². The SMILES string of the molecule is COc1ccc2c(n1)C=C(C(=O)N1CCC(c3ccccc3C(F)(F)F)CC1)C2. The van der Waals surface area contributed by atoms with Crippen molar-refractivity contribution in [3.8, 4) is 5.88 Å². The summed E-state index contributed by atoms with van der Waals surface area (Å²) in [4.78, 5) is 19.0. The summed E-state index contributed by atoms with van der Waals surface area (Å²) in [5.74, 6) is 0.236. The fraction of sp³-hybridized carbons (Fsp3) is 0.364. The van der Waals surface area contributed by atoms with Crippen LogP contribution >= 0.6 is 0 Å². The first-order chi connectivity index (χ1) is 13.9. The highest BCUT2D eigenvalue weighted by molar-refractivity contribution is 6.00. The fourth-order valence-corrected chi connectivity index (χ4v) is 4.14. The van der Waals surface area contributed by atoms with Crippen LogP contribution in [0.3, 0.4) is 0 Å². The zero-order valence-electron chi connectivity index (χ0n) is 16.0. The summed E-state index contributed by atoms with van der Waals surface area (Å²) in [5, 5.41) is 0. The van der Waals surface area contributed by atoms with E-state index in [1.54, 1.807) is 36.3 Å². The summed E-state index contributed by atoms with van der Waals surface area (Å²) >= 11 is 0. The maximum absolute atomic E-state index is 13.3. The molecular weight excluding hydrogens is 381 g/mol. The van der Waals surface area contributed by atoms with Gasteiger partial charge in [-0.05, 0) is 42.0 Å². The van der Waals surface area contributed by atoms with Crippen molar-refractivity contribution < 1.29 is 22.7 Å². The van der Waals surface area contributed by atoms with Gasteiger partial charge in [0.15, 0.2) is 0 Å². The summed E-state index contributed by atoms with van der Waals surface area (Å²) < 4.78 is 45.1. The largest absolute Gasteiger partial charge is 0.481 e. The lowest BCUT2D eigenvalue weighted by Gasteiger charge is -2.33. The number of amides is 1. The van der Waals surface area contributed by atoms with Crippen LogP contribution in [0.4, 0.5) is 13.2 Å². The summed E-state index contributed by atoms with van der Waals surface area (Å²) in [6, 6.07) is 9.42. The summed E-state index contributed by atoms with van der Waals surface area (Å²) in [6.07, 6.45) is -1.03.